The van der Waals surface area contributed by atoms with E-state index in [-0.39, 0.29) is 4.90 Å². The minimum absolute atomic E-state index is 0.133. The average molecular weight is 415 g/mol. The van der Waals surface area contributed by atoms with Crippen molar-refractivity contribution in [3.05, 3.63) is 108 Å². The zero-order valence-corrected chi connectivity index (χ0v) is 17.7. The molecule has 0 amide bonds. The van der Waals surface area contributed by atoms with Crippen LogP contribution < -0.4 is 4.18 Å². The van der Waals surface area contributed by atoms with Gasteiger partial charge in [0.2, 0.25) is 0 Å². The van der Waals surface area contributed by atoms with Crippen LogP contribution in [0.1, 0.15) is 11.1 Å². The molecule has 0 aliphatic heterocycles. The summed E-state index contributed by atoms with van der Waals surface area (Å²) in [5.41, 5.74) is 5.65. The quantitative estimate of drug-likeness (QED) is 0.355. The maximum Gasteiger partial charge on any atom is 0.339 e. The Morgan fingerprint density at radius 1 is 0.600 bits per heavy atom. The normalized spacial score (nSPS) is 11.3. The third-order valence-electron chi connectivity index (χ3n) is 5.01. The second-order valence-corrected chi connectivity index (χ2v) is 8.76. The molecule has 4 aromatic carbocycles. The second-order valence-electron chi connectivity index (χ2n) is 7.21. The lowest BCUT2D eigenvalue weighted by Gasteiger charge is -2.18. The Labute approximate surface area is 177 Å². The molecule has 0 saturated carbocycles. The zero-order valence-electron chi connectivity index (χ0n) is 16.9. The summed E-state index contributed by atoms with van der Waals surface area (Å²) in [4.78, 5) is 0.133. The van der Waals surface area contributed by atoms with Gasteiger partial charge in [0.1, 0.15) is 4.90 Å². The first-order valence-corrected chi connectivity index (χ1v) is 11.1. The Balaban J connectivity index is 1.91. The number of hydrogen-bond acceptors (Lipinski definition) is 3. The Morgan fingerprint density at radius 3 is 1.70 bits per heavy atom. The molecule has 0 bridgehead atoms. The fourth-order valence-electron chi connectivity index (χ4n) is 3.50. The number of aryl methyl sites for hydroxylation is 2. The molecule has 4 heteroatoms. The molecule has 0 aliphatic carbocycles. The molecule has 4 aromatic rings. The minimum atomic E-state index is -3.97. The number of rotatable bonds is 5. The molecular weight excluding hydrogens is 392 g/mol. The standard InChI is InChI=1S/C26H22O3S/c1-19-13-16-23(17-14-19)30(27,28)29-24-18-15-20(2)25(21-9-5-3-6-10-21)26(24)22-11-7-4-8-12-22/h3-18H,1-2H3. The van der Waals surface area contributed by atoms with Crippen molar-refractivity contribution >= 4 is 10.1 Å². The molecule has 4 rings (SSSR count). The van der Waals surface area contributed by atoms with E-state index in [1.54, 1.807) is 30.3 Å². The summed E-state index contributed by atoms with van der Waals surface area (Å²) >= 11 is 0. The van der Waals surface area contributed by atoms with Gasteiger partial charge in [-0.3, -0.25) is 0 Å². The largest absolute Gasteiger partial charge is 0.378 e. The van der Waals surface area contributed by atoms with Crippen molar-refractivity contribution in [3.63, 3.8) is 0 Å². The summed E-state index contributed by atoms with van der Waals surface area (Å²) in [6.07, 6.45) is 0. The minimum Gasteiger partial charge on any atom is -0.378 e. The second kappa shape index (κ2) is 8.17. The molecule has 30 heavy (non-hydrogen) atoms. The van der Waals surface area contributed by atoms with E-state index >= 15 is 0 Å². The van der Waals surface area contributed by atoms with Crippen LogP contribution in [0.2, 0.25) is 0 Å². The molecular formula is C26H22O3S. The maximum atomic E-state index is 13.0. The van der Waals surface area contributed by atoms with Crippen molar-refractivity contribution < 1.29 is 12.6 Å². The van der Waals surface area contributed by atoms with Gasteiger partial charge in [-0.15, -0.1) is 0 Å². The van der Waals surface area contributed by atoms with Crippen molar-refractivity contribution in [2.24, 2.45) is 0 Å². The summed E-state index contributed by atoms with van der Waals surface area (Å²) in [5.74, 6) is 0.311. The summed E-state index contributed by atoms with van der Waals surface area (Å²) in [6.45, 7) is 3.93. The average Bonchev–Trinajstić information content (AvgIpc) is 2.76. The van der Waals surface area contributed by atoms with Gasteiger partial charge in [0, 0.05) is 5.56 Å². The zero-order chi connectivity index (χ0) is 21.1. The van der Waals surface area contributed by atoms with Gasteiger partial charge >= 0.3 is 10.1 Å². The van der Waals surface area contributed by atoms with Crippen LogP contribution in [0.15, 0.2) is 102 Å². The topological polar surface area (TPSA) is 43.4 Å². The van der Waals surface area contributed by atoms with E-state index in [1.807, 2.05) is 80.6 Å². The smallest absolute Gasteiger partial charge is 0.339 e. The van der Waals surface area contributed by atoms with Crippen molar-refractivity contribution in [1.29, 1.82) is 0 Å². The van der Waals surface area contributed by atoms with E-state index in [0.29, 0.717) is 5.75 Å². The van der Waals surface area contributed by atoms with E-state index in [2.05, 4.69) is 0 Å². The number of benzene rings is 4. The van der Waals surface area contributed by atoms with Gasteiger partial charge in [-0.1, -0.05) is 84.4 Å². The summed E-state index contributed by atoms with van der Waals surface area (Å²) in [7, 11) is -3.97. The Hall–Kier alpha value is -3.37. The lowest BCUT2D eigenvalue weighted by molar-refractivity contribution is 0.487. The van der Waals surface area contributed by atoms with Crippen molar-refractivity contribution in [2.45, 2.75) is 18.7 Å². The van der Waals surface area contributed by atoms with Crippen LogP contribution in [-0.2, 0) is 10.1 Å². The first-order valence-electron chi connectivity index (χ1n) is 9.71. The monoisotopic (exact) mass is 414 g/mol. The first kappa shape index (κ1) is 19.9. The fraction of sp³-hybridized carbons (Fsp3) is 0.0769. The Morgan fingerprint density at radius 2 is 1.13 bits per heavy atom. The van der Waals surface area contributed by atoms with Gasteiger partial charge in [-0.25, -0.2) is 0 Å². The van der Waals surface area contributed by atoms with Gasteiger partial charge in [0.15, 0.2) is 5.75 Å². The third-order valence-corrected chi connectivity index (χ3v) is 6.26. The van der Waals surface area contributed by atoms with Crippen LogP contribution in [0.3, 0.4) is 0 Å². The van der Waals surface area contributed by atoms with Crippen molar-refractivity contribution in [2.75, 3.05) is 0 Å². The predicted octanol–water partition coefficient (Wildman–Crippen LogP) is 6.41. The summed E-state index contributed by atoms with van der Waals surface area (Å²) < 4.78 is 31.7. The molecule has 0 saturated heterocycles. The number of hydrogen-bond donors (Lipinski definition) is 0. The highest BCUT2D eigenvalue weighted by molar-refractivity contribution is 7.87. The van der Waals surface area contributed by atoms with E-state index in [0.717, 1.165) is 33.4 Å². The first-order chi connectivity index (χ1) is 14.5. The fourth-order valence-corrected chi connectivity index (χ4v) is 4.44. The van der Waals surface area contributed by atoms with Gasteiger partial charge in [0.05, 0.1) is 0 Å². The summed E-state index contributed by atoms with van der Waals surface area (Å²) in [5, 5.41) is 0. The summed E-state index contributed by atoms with van der Waals surface area (Å²) in [6, 6.07) is 30.0. The van der Waals surface area contributed by atoms with E-state index in [1.165, 1.54) is 0 Å². The van der Waals surface area contributed by atoms with Gasteiger partial charge in [-0.2, -0.15) is 8.42 Å². The molecule has 0 radical (unpaired) electrons. The maximum absolute atomic E-state index is 13.0. The Bertz CT molecular complexity index is 1260. The van der Waals surface area contributed by atoms with Crippen molar-refractivity contribution in [1.82, 2.24) is 0 Å². The SMILES string of the molecule is Cc1ccc(S(=O)(=O)Oc2ccc(C)c(-c3ccccc3)c2-c2ccccc2)cc1. The van der Waals surface area contributed by atoms with Gasteiger partial charge in [-0.05, 0) is 54.3 Å². The molecule has 0 spiro atoms. The molecule has 0 aliphatic rings. The van der Waals surface area contributed by atoms with Crippen molar-refractivity contribution in [3.8, 4) is 28.0 Å². The lowest BCUT2D eigenvalue weighted by atomic mass is 9.90. The molecule has 0 atom stereocenters. The van der Waals surface area contributed by atoms with E-state index in [4.69, 9.17) is 4.18 Å². The van der Waals surface area contributed by atoms with Crippen LogP contribution in [0.25, 0.3) is 22.3 Å². The van der Waals surface area contributed by atoms with Crippen LogP contribution in [0, 0.1) is 13.8 Å². The van der Waals surface area contributed by atoms with Crippen LogP contribution in [0.5, 0.6) is 5.75 Å². The molecule has 0 heterocycles. The van der Waals surface area contributed by atoms with Crippen LogP contribution >= 0.6 is 0 Å². The highest BCUT2D eigenvalue weighted by Gasteiger charge is 2.22. The van der Waals surface area contributed by atoms with Crippen LogP contribution in [0.4, 0.5) is 0 Å². The Kier molecular flexibility index (Phi) is 5.42. The lowest BCUT2D eigenvalue weighted by Crippen LogP contribution is -2.11. The van der Waals surface area contributed by atoms with E-state index in [9.17, 15) is 8.42 Å². The van der Waals surface area contributed by atoms with Crippen LogP contribution in [-0.4, -0.2) is 8.42 Å². The molecule has 150 valence electrons. The highest BCUT2D eigenvalue weighted by Crippen LogP contribution is 2.42. The molecule has 0 unspecified atom stereocenters. The van der Waals surface area contributed by atoms with E-state index < -0.39 is 10.1 Å². The molecule has 0 N–H and O–H groups in total. The molecule has 3 nitrogen and oxygen atoms in total. The van der Waals surface area contributed by atoms with Gasteiger partial charge in [0.25, 0.3) is 0 Å². The molecule has 0 aromatic heterocycles. The molecule has 0 fully saturated rings. The van der Waals surface area contributed by atoms with Gasteiger partial charge < -0.3 is 4.18 Å². The highest BCUT2D eigenvalue weighted by atomic mass is 32.2. The predicted molar refractivity (Wildman–Crippen MR) is 121 cm³/mol. The third kappa shape index (κ3) is 4.00.